The molecular formula is C23H22F2N6O3. The SMILES string of the molecule is CN(C)CCNc1nc(-c2ccc(C(=O)O)cc2)c2c(n1)N(c1c(F)cccc1F)C(=O)NC2. The number of nitrogens with zero attached hydrogens (tertiary/aromatic N) is 4. The summed E-state index contributed by atoms with van der Waals surface area (Å²) in [5.41, 5.74) is 0.939. The highest BCUT2D eigenvalue weighted by molar-refractivity contribution is 6.02. The normalized spacial score (nSPS) is 13.0. The fourth-order valence-corrected chi connectivity index (χ4v) is 3.55. The lowest BCUT2D eigenvalue weighted by atomic mass is 10.0. The molecule has 2 aromatic carbocycles. The first kappa shape index (κ1) is 23.1. The summed E-state index contributed by atoms with van der Waals surface area (Å²) >= 11 is 0. The van der Waals surface area contributed by atoms with Crippen molar-refractivity contribution < 1.29 is 23.5 Å². The summed E-state index contributed by atoms with van der Waals surface area (Å²) in [6.45, 7) is 1.16. The van der Waals surface area contributed by atoms with Gasteiger partial charge in [0, 0.05) is 24.2 Å². The maximum Gasteiger partial charge on any atom is 0.335 e. The van der Waals surface area contributed by atoms with Crippen molar-refractivity contribution in [1.82, 2.24) is 20.2 Å². The van der Waals surface area contributed by atoms with E-state index in [1.165, 1.54) is 18.2 Å². The number of carboxylic acid groups (broad SMARTS) is 1. The molecule has 4 rings (SSSR count). The molecule has 3 N–H and O–H groups in total. The molecule has 0 bridgehead atoms. The zero-order valence-corrected chi connectivity index (χ0v) is 18.5. The third-order valence-corrected chi connectivity index (χ3v) is 5.23. The molecule has 0 atom stereocenters. The van der Waals surface area contributed by atoms with E-state index in [4.69, 9.17) is 0 Å². The van der Waals surface area contributed by atoms with Gasteiger partial charge in [-0.2, -0.15) is 4.98 Å². The molecule has 0 unspecified atom stereocenters. The zero-order valence-electron chi connectivity index (χ0n) is 18.5. The van der Waals surface area contributed by atoms with Gasteiger partial charge in [-0.25, -0.2) is 28.3 Å². The standard InChI is InChI=1S/C23H22F2N6O3/c1-30(2)11-10-26-22-28-18(13-6-8-14(9-7-13)21(32)33)15-12-27-23(34)31(20(15)29-22)19-16(24)4-3-5-17(19)25/h3-9H,10-12H2,1-2H3,(H,27,34)(H,32,33)(H,26,28,29). The second-order valence-electron chi connectivity index (χ2n) is 7.87. The summed E-state index contributed by atoms with van der Waals surface area (Å²) in [7, 11) is 3.80. The van der Waals surface area contributed by atoms with Crippen molar-refractivity contribution in [3.63, 3.8) is 0 Å². The summed E-state index contributed by atoms with van der Waals surface area (Å²) in [4.78, 5) is 35.8. The Morgan fingerprint density at radius 2 is 1.82 bits per heavy atom. The molecule has 0 saturated heterocycles. The van der Waals surface area contributed by atoms with Crippen molar-refractivity contribution in [3.8, 4) is 11.3 Å². The number of halogens is 2. The minimum Gasteiger partial charge on any atom is -0.478 e. The van der Waals surface area contributed by atoms with Crippen molar-refractivity contribution in [3.05, 3.63) is 65.2 Å². The molecule has 0 radical (unpaired) electrons. The molecule has 2 amide bonds. The fourth-order valence-electron chi connectivity index (χ4n) is 3.55. The first-order chi connectivity index (χ1) is 16.3. The van der Waals surface area contributed by atoms with E-state index in [9.17, 15) is 23.5 Å². The lowest BCUT2D eigenvalue weighted by Crippen LogP contribution is -2.43. The van der Waals surface area contributed by atoms with E-state index >= 15 is 0 Å². The van der Waals surface area contributed by atoms with Gasteiger partial charge in [-0.05, 0) is 38.4 Å². The predicted octanol–water partition coefficient (Wildman–Crippen LogP) is 3.45. The average molecular weight is 468 g/mol. The number of likely N-dealkylation sites (N-methyl/N-ethyl adjacent to an activating group) is 1. The molecule has 3 aromatic rings. The number of amides is 2. The Kier molecular flexibility index (Phi) is 6.37. The molecular weight excluding hydrogens is 446 g/mol. The van der Waals surface area contributed by atoms with Crippen LogP contribution in [0, 0.1) is 11.6 Å². The van der Waals surface area contributed by atoms with Gasteiger partial charge >= 0.3 is 12.0 Å². The predicted molar refractivity (Wildman–Crippen MR) is 122 cm³/mol. The Labute approximate surface area is 194 Å². The van der Waals surface area contributed by atoms with Crippen molar-refractivity contribution in [2.45, 2.75) is 6.54 Å². The van der Waals surface area contributed by atoms with Crippen LogP contribution >= 0.6 is 0 Å². The lowest BCUT2D eigenvalue weighted by Gasteiger charge is -2.30. The molecule has 0 spiro atoms. The van der Waals surface area contributed by atoms with E-state index in [-0.39, 0.29) is 23.9 Å². The number of urea groups is 1. The number of rotatable bonds is 7. The molecule has 1 aliphatic rings. The van der Waals surface area contributed by atoms with Gasteiger partial charge in [0.15, 0.2) is 5.82 Å². The number of carboxylic acids is 1. The Hall–Kier alpha value is -4.12. The second kappa shape index (κ2) is 9.40. The summed E-state index contributed by atoms with van der Waals surface area (Å²) in [6, 6.07) is 8.62. The van der Waals surface area contributed by atoms with Gasteiger partial charge < -0.3 is 20.6 Å². The number of para-hydroxylation sites is 1. The molecule has 11 heteroatoms. The summed E-state index contributed by atoms with van der Waals surface area (Å²) in [5, 5.41) is 14.9. The summed E-state index contributed by atoms with van der Waals surface area (Å²) in [6.07, 6.45) is 0. The zero-order chi connectivity index (χ0) is 24.4. The van der Waals surface area contributed by atoms with E-state index in [1.807, 2.05) is 19.0 Å². The monoisotopic (exact) mass is 468 g/mol. The number of carbonyl (C=O) groups is 2. The van der Waals surface area contributed by atoms with Crippen molar-refractivity contribution in [2.75, 3.05) is 37.4 Å². The number of benzene rings is 2. The first-order valence-corrected chi connectivity index (χ1v) is 10.4. The Morgan fingerprint density at radius 1 is 1.15 bits per heavy atom. The maximum absolute atomic E-state index is 14.7. The highest BCUT2D eigenvalue weighted by atomic mass is 19.1. The quantitative estimate of drug-likeness (QED) is 0.487. The minimum atomic E-state index is -1.07. The van der Waals surface area contributed by atoms with Crippen molar-refractivity contribution in [1.29, 1.82) is 0 Å². The number of aromatic nitrogens is 2. The van der Waals surface area contributed by atoms with Gasteiger partial charge in [0.25, 0.3) is 0 Å². The van der Waals surface area contributed by atoms with E-state index in [1.54, 1.807) is 12.1 Å². The maximum atomic E-state index is 14.7. The number of hydrogen-bond donors (Lipinski definition) is 3. The van der Waals surface area contributed by atoms with Crippen LogP contribution in [-0.2, 0) is 6.54 Å². The van der Waals surface area contributed by atoms with Gasteiger partial charge in [-0.3, -0.25) is 0 Å². The van der Waals surface area contributed by atoms with Crippen LogP contribution in [0.15, 0.2) is 42.5 Å². The van der Waals surface area contributed by atoms with E-state index in [0.717, 1.165) is 17.0 Å². The summed E-state index contributed by atoms with van der Waals surface area (Å²) in [5.74, 6) is -2.72. The Morgan fingerprint density at radius 3 is 2.44 bits per heavy atom. The molecule has 1 aromatic heterocycles. The molecule has 2 heterocycles. The topological polar surface area (TPSA) is 111 Å². The van der Waals surface area contributed by atoms with Crippen LogP contribution in [0.4, 0.5) is 31.0 Å². The largest absolute Gasteiger partial charge is 0.478 e. The van der Waals surface area contributed by atoms with Crippen LogP contribution in [0.25, 0.3) is 11.3 Å². The number of fused-ring (bicyclic) bond motifs is 1. The number of nitrogens with one attached hydrogen (secondary N) is 2. The van der Waals surface area contributed by atoms with Crippen molar-refractivity contribution >= 4 is 29.5 Å². The molecule has 34 heavy (non-hydrogen) atoms. The van der Waals surface area contributed by atoms with Gasteiger partial charge in [0.05, 0.1) is 17.8 Å². The number of carbonyl (C=O) groups excluding carboxylic acids is 1. The van der Waals surface area contributed by atoms with Crippen LogP contribution in [0.5, 0.6) is 0 Å². The van der Waals surface area contributed by atoms with E-state index in [0.29, 0.717) is 29.9 Å². The first-order valence-electron chi connectivity index (χ1n) is 10.4. The minimum absolute atomic E-state index is 0.0226. The summed E-state index contributed by atoms with van der Waals surface area (Å²) < 4.78 is 29.3. The van der Waals surface area contributed by atoms with Crippen LogP contribution in [-0.4, -0.2) is 59.2 Å². The van der Waals surface area contributed by atoms with Crippen LogP contribution in [0.2, 0.25) is 0 Å². The smallest absolute Gasteiger partial charge is 0.335 e. The highest BCUT2D eigenvalue weighted by Gasteiger charge is 2.34. The molecule has 0 aliphatic carbocycles. The molecule has 1 aliphatic heterocycles. The van der Waals surface area contributed by atoms with Crippen LogP contribution < -0.4 is 15.5 Å². The van der Waals surface area contributed by atoms with E-state index in [2.05, 4.69) is 20.6 Å². The number of aromatic carboxylic acids is 1. The van der Waals surface area contributed by atoms with Crippen molar-refractivity contribution in [2.24, 2.45) is 0 Å². The second-order valence-corrected chi connectivity index (χ2v) is 7.87. The Bertz CT molecular complexity index is 1230. The highest BCUT2D eigenvalue weighted by Crippen LogP contribution is 2.38. The van der Waals surface area contributed by atoms with Gasteiger partial charge in [-0.1, -0.05) is 18.2 Å². The lowest BCUT2D eigenvalue weighted by molar-refractivity contribution is 0.0697. The van der Waals surface area contributed by atoms with E-state index < -0.39 is 29.3 Å². The number of hydrogen-bond acceptors (Lipinski definition) is 6. The third kappa shape index (κ3) is 4.50. The third-order valence-electron chi connectivity index (χ3n) is 5.23. The molecule has 9 nitrogen and oxygen atoms in total. The van der Waals surface area contributed by atoms with Gasteiger partial charge in [0.2, 0.25) is 5.95 Å². The average Bonchev–Trinajstić information content (AvgIpc) is 2.79. The van der Waals surface area contributed by atoms with Gasteiger partial charge in [0.1, 0.15) is 17.3 Å². The molecule has 0 fully saturated rings. The number of anilines is 3. The molecule has 176 valence electrons. The fraction of sp³-hybridized carbons (Fsp3) is 0.217. The van der Waals surface area contributed by atoms with Crippen LogP contribution in [0.1, 0.15) is 15.9 Å². The van der Waals surface area contributed by atoms with Gasteiger partial charge in [-0.15, -0.1) is 0 Å². The molecule has 0 saturated carbocycles. The van der Waals surface area contributed by atoms with Crippen LogP contribution in [0.3, 0.4) is 0 Å². The Balaban J connectivity index is 1.88.